The van der Waals surface area contributed by atoms with E-state index in [1.54, 1.807) is 6.92 Å². The van der Waals surface area contributed by atoms with Gasteiger partial charge in [0.1, 0.15) is 17.5 Å². The van der Waals surface area contributed by atoms with E-state index in [0.717, 1.165) is 13.1 Å². The van der Waals surface area contributed by atoms with Crippen LogP contribution in [-0.4, -0.2) is 23.1 Å². The van der Waals surface area contributed by atoms with Crippen molar-refractivity contribution < 1.29 is 0 Å². The van der Waals surface area contributed by atoms with Gasteiger partial charge in [0.15, 0.2) is 0 Å². The number of aryl methyl sites for hydroxylation is 1. The molecular formula is C11H15N5. The lowest BCUT2D eigenvalue weighted by Crippen LogP contribution is -2.31. The summed E-state index contributed by atoms with van der Waals surface area (Å²) in [5.41, 5.74) is 6.79. The summed E-state index contributed by atoms with van der Waals surface area (Å²) in [6, 6.07) is 2.03. The zero-order chi connectivity index (χ0) is 11.5. The van der Waals surface area contributed by atoms with E-state index in [1.165, 1.54) is 19.3 Å². The van der Waals surface area contributed by atoms with Gasteiger partial charge in [0.25, 0.3) is 0 Å². The number of hydrogen-bond acceptors (Lipinski definition) is 5. The van der Waals surface area contributed by atoms with Crippen LogP contribution in [0.2, 0.25) is 0 Å². The molecule has 5 heteroatoms. The van der Waals surface area contributed by atoms with E-state index < -0.39 is 0 Å². The van der Waals surface area contributed by atoms with Gasteiger partial charge in [-0.3, -0.25) is 0 Å². The number of hydrogen-bond donors (Lipinski definition) is 1. The highest BCUT2D eigenvalue weighted by Crippen LogP contribution is 2.20. The van der Waals surface area contributed by atoms with Crippen LogP contribution >= 0.6 is 0 Å². The molecular weight excluding hydrogens is 202 g/mol. The summed E-state index contributed by atoms with van der Waals surface area (Å²) in [4.78, 5) is 10.7. The second-order valence-corrected chi connectivity index (χ2v) is 4.03. The molecule has 0 radical (unpaired) electrons. The lowest BCUT2D eigenvalue weighted by atomic mass is 10.1. The molecule has 0 amide bonds. The second kappa shape index (κ2) is 4.35. The van der Waals surface area contributed by atoms with Gasteiger partial charge < -0.3 is 10.6 Å². The Bertz CT molecular complexity index is 405. The molecule has 5 nitrogen and oxygen atoms in total. The summed E-state index contributed by atoms with van der Waals surface area (Å²) in [6.45, 7) is 3.75. The van der Waals surface area contributed by atoms with E-state index in [4.69, 9.17) is 11.0 Å². The van der Waals surface area contributed by atoms with Gasteiger partial charge in [0.2, 0.25) is 5.95 Å². The third kappa shape index (κ3) is 1.91. The third-order valence-corrected chi connectivity index (χ3v) is 2.86. The molecule has 1 aliphatic rings. The van der Waals surface area contributed by atoms with Crippen LogP contribution in [0.1, 0.15) is 30.5 Å². The van der Waals surface area contributed by atoms with E-state index in [9.17, 15) is 0 Å². The molecule has 1 aromatic rings. The van der Waals surface area contributed by atoms with E-state index in [2.05, 4.69) is 14.9 Å². The monoisotopic (exact) mass is 217 g/mol. The molecule has 1 fully saturated rings. The van der Waals surface area contributed by atoms with E-state index in [-0.39, 0.29) is 5.82 Å². The lowest BCUT2D eigenvalue weighted by Gasteiger charge is -2.27. The number of nitrogens with two attached hydrogens (primary N) is 1. The highest BCUT2D eigenvalue weighted by molar-refractivity contribution is 5.54. The quantitative estimate of drug-likeness (QED) is 0.765. The maximum absolute atomic E-state index is 8.88. The van der Waals surface area contributed by atoms with E-state index in [1.807, 2.05) is 6.07 Å². The molecule has 0 saturated carbocycles. The minimum absolute atomic E-state index is 0.288. The smallest absolute Gasteiger partial charge is 0.227 e. The molecule has 84 valence electrons. The Labute approximate surface area is 94.9 Å². The lowest BCUT2D eigenvalue weighted by molar-refractivity contribution is 0.568. The average molecular weight is 217 g/mol. The molecule has 0 atom stereocenters. The fourth-order valence-electron chi connectivity index (χ4n) is 1.95. The molecule has 2 N–H and O–H groups in total. The first-order valence-corrected chi connectivity index (χ1v) is 5.51. The molecule has 16 heavy (non-hydrogen) atoms. The maximum atomic E-state index is 8.88. The van der Waals surface area contributed by atoms with Crippen LogP contribution < -0.4 is 10.6 Å². The fraction of sp³-hybridized carbons (Fsp3) is 0.545. The van der Waals surface area contributed by atoms with Crippen LogP contribution in [0.15, 0.2) is 0 Å². The van der Waals surface area contributed by atoms with Gasteiger partial charge in [-0.15, -0.1) is 0 Å². The first kappa shape index (κ1) is 10.7. The molecule has 0 aliphatic carbocycles. The van der Waals surface area contributed by atoms with Crippen LogP contribution in [0.4, 0.5) is 11.8 Å². The molecule has 2 rings (SSSR count). The van der Waals surface area contributed by atoms with Gasteiger partial charge in [-0.1, -0.05) is 0 Å². The summed E-state index contributed by atoms with van der Waals surface area (Å²) in [6.07, 6.45) is 3.60. The van der Waals surface area contributed by atoms with E-state index >= 15 is 0 Å². The molecule has 2 heterocycles. The second-order valence-electron chi connectivity index (χ2n) is 4.03. The molecule has 0 unspecified atom stereocenters. The molecule has 0 aromatic carbocycles. The molecule has 0 spiro atoms. The number of anilines is 2. The van der Waals surface area contributed by atoms with Crippen LogP contribution in [0.25, 0.3) is 0 Å². The Kier molecular flexibility index (Phi) is 2.91. The van der Waals surface area contributed by atoms with Crippen LogP contribution in [0.3, 0.4) is 0 Å². The fourth-order valence-corrected chi connectivity index (χ4v) is 1.95. The molecule has 0 bridgehead atoms. The summed E-state index contributed by atoms with van der Waals surface area (Å²) < 4.78 is 0. The summed E-state index contributed by atoms with van der Waals surface area (Å²) in [5.74, 6) is 0.948. The average Bonchev–Trinajstić information content (AvgIpc) is 2.30. The topological polar surface area (TPSA) is 78.8 Å². The minimum Gasteiger partial charge on any atom is -0.382 e. The van der Waals surface area contributed by atoms with Gasteiger partial charge >= 0.3 is 0 Å². The van der Waals surface area contributed by atoms with Crippen molar-refractivity contribution in [1.82, 2.24) is 9.97 Å². The Balaban J connectivity index is 2.32. The largest absolute Gasteiger partial charge is 0.382 e. The molecule has 1 aromatic heterocycles. The Hall–Kier alpha value is -1.83. The maximum Gasteiger partial charge on any atom is 0.227 e. The van der Waals surface area contributed by atoms with Crippen molar-refractivity contribution in [2.75, 3.05) is 23.7 Å². The zero-order valence-electron chi connectivity index (χ0n) is 9.40. The van der Waals surface area contributed by atoms with Crippen molar-refractivity contribution in [3.05, 3.63) is 11.3 Å². The van der Waals surface area contributed by atoms with Gasteiger partial charge in [-0.2, -0.15) is 10.2 Å². The normalized spacial score (nSPS) is 15.9. The van der Waals surface area contributed by atoms with Crippen molar-refractivity contribution in [3.8, 4) is 6.07 Å². The van der Waals surface area contributed by atoms with Crippen LogP contribution in [0, 0.1) is 18.3 Å². The van der Waals surface area contributed by atoms with Crippen LogP contribution in [0.5, 0.6) is 0 Å². The minimum atomic E-state index is 0.288. The third-order valence-electron chi connectivity index (χ3n) is 2.86. The van der Waals surface area contributed by atoms with Crippen LogP contribution in [-0.2, 0) is 0 Å². The van der Waals surface area contributed by atoms with Crippen molar-refractivity contribution in [1.29, 1.82) is 5.26 Å². The van der Waals surface area contributed by atoms with E-state index in [0.29, 0.717) is 17.2 Å². The number of nitriles is 1. The van der Waals surface area contributed by atoms with Gasteiger partial charge in [-0.25, -0.2) is 4.98 Å². The Morgan fingerprint density at radius 3 is 2.50 bits per heavy atom. The summed E-state index contributed by atoms with van der Waals surface area (Å²) in [5, 5.41) is 8.88. The Morgan fingerprint density at radius 2 is 1.94 bits per heavy atom. The summed E-state index contributed by atoms with van der Waals surface area (Å²) >= 11 is 0. The van der Waals surface area contributed by atoms with Crippen molar-refractivity contribution in [3.63, 3.8) is 0 Å². The standard InChI is InChI=1S/C11H15N5/c1-8-9(7-12)10(13)15-11(14-8)16-5-3-2-4-6-16/h2-6H2,1H3,(H2,13,14,15). The van der Waals surface area contributed by atoms with Crippen molar-refractivity contribution in [2.24, 2.45) is 0 Å². The van der Waals surface area contributed by atoms with Crippen molar-refractivity contribution >= 4 is 11.8 Å². The van der Waals surface area contributed by atoms with Gasteiger partial charge in [-0.05, 0) is 26.2 Å². The predicted octanol–water partition coefficient (Wildman–Crippen LogP) is 1.23. The number of nitrogens with zero attached hydrogens (tertiary/aromatic N) is 4. The molecule has 1 saturated heterocycles. The number of aromatic nitrogens is 2. The first-order chi connectivity index (χ1) is 7.72. The molecule has 1 aliphatic heterocycles. The summed E-state index contributed by atoms with van der Waals surface area (Å²) in [7, 11) is 0. The van der Waals surface area contributed by atoms with Gasteiger partial charge in [0.05, 0.1) is 5.69 Å². The first-order valence-electron chi connectivity index (χ1n) is 5.51. The SMILES string of the molecule is Cc1nc(N2CCCCC2)nc(N)c1C#N. The predicted molar refractivity (Wildman–Crippen MR) is 62.0 cm³/mol. The number of piperidine rings is 1. The highest BCUT2D eigenvalue weighted by atomic mass is 15.3. The van der Waals surface area contributed by atoms with Gasteiger partial charge in [0, 0.05) is 13.1 Å². The van der Waals surface area contributed by atoms with Crippen molar-refractivity contribution in [2.45, 2.75) is 26.2 Å². The number of nitrogen functional groups attached to an aromatic ring is 1. The zero-order valence-corrected chi connectivity index (χ0v) is 9.40. The number of rotatable bonds is 1. The highest BCUT2D eigenvalue weighted by Gasteiger charge is 2.16. The Morgan fingerprint density at radius 1 is 1.25 bits per heavy atom.